The van der Waals surface area contributed by atoms with Gasteiger partial charge in [-0.2, -0.15) is 0 Å². The molecule has 0 bridgehead atoms. The van der Waals surface area contributed by atoms with Gasteiger partial charge in [-0.1, -0.05) is 6.92 Å². The first-order valence-corrected chi connectivity index (χ1v) is 6.19. The summed E-state index contributed by atoms with van der Waals surface area (Å²) in [5, 5.41) is 8.98. The van der Waals surface area contributed by atoms with Crippen LogP contribution < -0.4 is 0 Å². The molecule has 0 amide bonds. The lowest BCUT2D eigenvalue weighted by Gasteiger charge is -2.36. The van der Waals surface area contributed by atoms with Crippen LogP contribution in [0.2, 0.25) is 0 Å². The van der Waals surface area contributed by atoms with Gasteiger partial charge in [0.1, 0.15) is 5.60 Å². The molecule has 5 nitrogen and oxygen atoms in total. The van der Waals surface area contributed by atoms with Crippen LogP contribution in [0.5, 0.6) is 0 Å². The second-order valence-corrected chi connectivity index (χ2v) is 4.95. The minimum Gasteiger partial charge on any atom is -0.477 e. The SMILES string of the molecule is COC1(c2nccc(C(=O)O)n2)CCC(C)CC1. The fourth-order valence-corrected chi connectivity index (χ4v) is 2.44. The molecule has 2 rings (SSSR count). The molecule has 0 saturated heterocycles. The van der Waals surface area contributed by atoms with Crippen molar-refractivity contribution in [3.8, 4) is 0 Å². The number of ether oxygens (including phenoxy) is 1. The number of aromatic carboxylic acids is 1. The lowest BCUT2D eigenvalue weighted by atomic mass is 9.79. The summed E-state index contributed by atoms with van der Waals surface area (Å²) < 4.78 is 5.63. The number of methoxy groups -OCH3 is 1. The highest BCUT2D eigenvalue weighted by Crippen LogP contribution is 2.40. The van der Waals surface area contributed by atoms with Crippen molar-refractivity contribution in [3.05, 3.63) is 23.8 Å². The van der Waals surface area contributed by atoms with Gasteiger partial charge in [0.15, 0.2) is 11.5 Å². The van der Waals surface area contributed by atoms with Crippen LogP contribution in [0.4, 0.5) is 0 Å². The van der Waals surface area contributed by atoms with Gasteiger partial charge in [-0.15, -0.1) is 0 Å². The quantitative estimate of drug-likeness (QED) is 0.890. The summed E-state index contributed by atoms with van der Waals surface area (Å²) in [5.41, 5.74) is -0.493. The maximum absolute atomic E-state index is 10.9. The molecule has 0 aliphatic heterocycles. The summed E-state index contributed by atoms with van der Waals surface area (Å²) >= 11 is 0. The molecule has 1 fully saturated rings. The van der Waals surface area contributed by atoms with Gasteiger partial charge >= 0.3 is 5.97 Å². The number of hydrogen-bond donors (Lipinski definition) is 1. The molecule has 0 spiro atoms. The number of rotatable bonds is 3. The third-order valence-electron chi connectivity index (χ3n) is 3.75. The van der Waals surface area contributed by atoms with Crippen molar-refractivity contribution in [1.29, 1.82) is 0 Å². The Bertz CT molecular complexity index is 440. The van der Waals surface area contributed by atoms with Crippen LogP contribution >= 0.6 is 0 Å². The van der Waals surface area contributed by atoms with Gasteiger partial charge in [-0.3, -0.25) is 0 Å². The zero-order chi connectivity index (χ0) is 13.2. The van der Waals surface area contributed by atoms with Crippen LogP contribution in [0.25, 0.3) is 0 Å². The normalized spacial score (nSPS) is 28.0. The Morgan fingerprint density at radius 3 is 2.72 bits per heavy atom. The van der Waals surface area contributed by atoms with E-state index in [1.165, 1.54) is 12.3 Å². The Morgan fingerprint density at radius 1 is 1.50 bits per heavy atom. The first kappa shape index (κ1) is 13.0. The largest absolute Gasteiger partial charge is 0.477 e. The highest BCUT2D eigenvalue weighted by Gasteiger charge is 2.38. The Balaban J connectivity index is 2.32. The number of hydrogen-bond acceptors (Lipinski definition) is 4. The van der Waals surface area contributed by atoms with Crippen LogP contribution in [0.1, 0.15) is 48.9 Å². The molecular formula is C13H18N2O3. The third-order valence-corrected chi connectivity index (χ3v) is 3.75. The van der Waals surface area contributed by atoms with Gasteiger partial charge in [0, 0.05) is 13.3 Å². The van der Waals surface area contributed by atoms with Crippen molar-refractivity contribution in [2.24, 2.45) is 5.92 Å². The first-order chi connectivity index (χ1) is 8.57. The summed E-state index contributed by atoms with van der Waals surface area (Å²) in [6.07, 6.45) is 5.27. The van der Waals surface area contributed by atoms with Gasteiger partial charge in [0.05, 0.1) is 0 Å². The monoisotopic (exact) mass is 250 g/mol. The Hall–Kier alpha value is -1.49. The van der Waals surface area contributed by atoms with E-state index in [-0.39, 0.29) is 5.69 Å². The van der Waals surface area contributed by atoms with Gasteiger partial charge in [0.25, 0.3) is 0 Å². The summed E-state index contributed by atoms with van der Waals surface area (Å²) in [6, 6.07) is 1.40. The molecular weight excluding hydrogens is 232 g/mol. The topological polar surface area (TPSA) is 72.3 Å². The number of carboxylic acids is 1. The lowest BCUT2D eigenvalue weighted by Crippen LogP contribution is -2.35. The second-order valence-electron chi connectivity index (χ2n) is 4.95. The third kappa shape index (κ3) is 2.36. The van der Waals surface area contributed by atoms with E-state index in [0.717, 1.165) is 25.7 Å². The molecule has 18 heavy (non-hydrogen) atoms. The Kier molecular flexibility index (Phi) is 3.61. The number of aromatic nitrogens is 2. The fraction of sp³-hybridized carbons (Fsp3) is 0.615. The van der Waals surface area contributed by atoms with Gasteiger partial charge in [-0.25, -0.2) is 14.8 Å². The molecule has 1 N–H and O–H groups in total. The van der Waals surface area contributed by atoms with Crippen molar-refractivity contribution in [3.63, 3.8) is 0 Å². The van der Waals surface area contributed by atoms with E-state index in [9.17, 15) is 4.79 Å². The standard InChI is InChI=1S/C13H18N2O3/c1-9-3-6-13(18-2,7-4-9)12-14-8-5-10(15-12)11(16)17/h5,8-9H,3-4,6-7H2,1-2H3,(H,16,17). The van der Waals surface area contributed by atoms with Crippen LogP contribution in [0.3, 0.4) is 0 Å². The molecule has 5 heteroatoms. The summed E-state index contributed by atoms with van der Waals surface area (Å²) in [7, 11) is 1.65. The van der Waals surface area contributed by atoms with Gasteiger partial charge in [0.2, 0.25) is 0 Å². The van der Waals surface area contributed by atoms with Gasteiger partial charge < -0.3 is 9.84 Å². The van der Waals surface area contributed by atoms with Crippen LogP contribution in [0, 0.1) is 5.92 Å². The van der Waals surface area contributed by atoms with Crippen molar-refractivity contribution < 1.29 is 14.6 Å². The summed E-state index contributed by atoms with van der Waals surface area (Å²) in [5.74, 6) is 0.141. The molecule has 0 radical (unpaired) electrons. The molecule has 98 valence electrons. The van der Waals surface area contributed by atoms with Crippen LogP contribution in [0.15, 0.2) is 12.3 Å². The highest BCUT2D eigenvalue weighted by atomic mass is 16.5. The molecule has 1 aliphatic carbocycles. The first-order valence-electron chi connectivity index (χ1n) is 6.19. The zero-order valence-corrected chi connectivity index (χ0v) is 10.7. The molecule has 1 aromatic heterocycles. The minimum absolute atomic E-state index is 0.0232. The molecule has 1 saturated carbocycles. The van der Waals surface area contributed by atoms with Crippen molar-refractivity contribution in [2.45, 2.75) is 38.2 Å². The van der Waals surface area contributed by atoms with Crippen LogP contribution in [-0.2, 0) is 10.3 Å². The molecule has 1 aromatic rings. The maximum atomic E-state index is 10.9. The number of carbonyl (C=O) groups is 1. The zero-order valence-electron chi connectivity index (χ0n) is 10.7. The molecule has 0 aromatic carbocycles. The average Bonchev–Trinajstić information content (AvgIpc) is 2.40. The van der Waals surface area contributed by atoms with E-state index in [0.29, 0.717) is 11.7 Å². The van der Waals surface area contributed by atoms with E-state index in [4.69, 9.17) is 9.84 Å². The maximum Gasteiger partial charge on any atom is 0.354 e. The second kappa shape index (κ2) is 5.02. The Morgan fingerprint density at radius 2 is 2.17 bits per heavy atom. The predicted molar refractivity (Wildman–Crippen MR) is 65.3 cm³/mol. The molecule has 1 aliphatic rings. The van der Waals surface area contributed by atoms with Gasteiger partial charge in [-0.05, 0) is 37.7 Å². The van der Waals surface area contributed by atoms with E-state index in [2.05, 4.69) is 16.9 Å². The van der Waals surface area contributed by atoms with E-state index in [1.54, 1.807) is 7.11 Å². The van der Waals surface area contributed by atoms with E-state index in [1.807, 2.05) is 0 Å². The van der Waals surface area contributed by atoms with Crippen LogP contribution in [-0.4, -0.2) is 28.2 Å². The summed E-state index contributed by atoms with van der Waals surface area (Å²) in [4.78, 5) is 19.3. The van der Waals surface area contributed by atoms with Crippen molar-refractivity contribution in [1.82, 2.24) is 9.97 Å². The number of nitrogens with zero attached hydrogens (tertiary/aromatic N) is 2. The lowest BCUT2D eigenvalue weighted by molar-refractivity contribution is -0.0598. The highest BCUT2D eigenvalue weighted by molar-refractivity contribution is 5.85. The molecule has 0 unspecified atom stereocenters. The average molecular weight is 250 g/mol. The van der Waals surface area contributed by atoms with E-state index < -0.39 is 11.6 Å². The smallest absolute Gasteiger partial charge is 0.354 e. The van der Waals surface area contributed by atoms with E-state index >= 15 is 0 Å². The van der Waals surface area contributed by atoms with Crippen molar-refractivity contribution >= 4 is 5.97 Å². The predicted octanol–water partition coefficient (Wildman–Crippen LogP) is 2.23. The fourth-order valence-electron chi connectivity index (χ4n) is 2.44. The van der Waals surface area contributed by atoms with Crippen molar-refractivity contribution in [2.75, 3.05) is 7.11 Å². The molecule has 1 heterocycles. The minimum atomic E-state index is -1.03. The number of carboxylic acid groups (broad SMARTS) is 1. The Labute approximate surface area is 106 Å². The molecule has 0 atom stereocenters. The summed E-state index contributed by atoms with van der Waals surface area (Å²) in [6.45, 7) is 2.22.